The van der Waals surface area contributed by atoms with Gasteiger partial charge in [0.2, 0.25) is 0 Å². The van der Waals surface area contributed by atoms with Crippen molar-refractivity contribution < 1.29 is 4.79 Å². The van der Waals surface area contributed by atoms with Gasteiger partial charge in [0.1, 0.15) is 0 Å². The summed E-state index contributed by atoms with van der Waals surface area (Å²) in [5, 5.41) is 3.83. The quantitative estimate of drug-likeness (QED) is 0.852. The molecule has 1 aliphatic rings. The fraction of sp³-hybridized carbons (Fsp3) is 0.417. The molecule has 1 unspecified atom stereocenters. The summed E-state index contributed by atoms with van der Waals surface area (Å²) in [5.41, 5.74) is 6.70. The molecule has 0 aliphatic carbocycles. The molecular weight excluding hydrogens is 238 g/mol. The molecule has 0 spiro atoms. The zero-order chi connectivity index (χ0) is 12.4. The minimum atomic E-state index is -0.444. The van der Waals surface area contributed by atoms with Crippen LogP contribution in [0.25, 0.3) is 0 Å². The molecule has 1 atom stereocenters. The largest absolute Gasteiger partial charge is 0.370 e. The maximum absolute atomic E-state index is 11.4. The van der Waals surface area contributed by atoms with E-state index in [1.54, 1.807) is 12.1 Å². The number of nitrogens with zero attached hydrogens (tertiary/aromatic N) is 1. The maximum Gasteiger partial charge on any atom is 0.250 e. The maximum atomic E-state index is 11.4. The number of likely N-dealkylation sites (N-methyl/N-ethyl adjacent to an activating group) is 1. The van der Waals surface area contributed by atoms with E-state index in [0.29, 0.717) is 16.6 Å². The minimum Gasteiger partial charge on any atom is -0.370 e. The van der Waals surface area contributed by atoms with Crippen LogP contribution in [-0.4, -0.2) is 32.1 Å². The van der Waals surface area contributed by atoms with Crippen LogP contribution >= 0.6 is 11.6 Å². The average molecular weight is 254 g/mol. The molecule has 1 aliphatic heterocycles. The predicted molar refractivity (Wildman–Crippen MR) is 69.6 cm³/mol. The molecule has 17 heavy (non-hydrogen) atoms. The van der Waals surface area contributed by atoms with Gasteiger partial charge in [-0.15, -0.1) is 0 Å². The molecule has 3 N–H and O–H groups in total. The third kappa shape index (κ3) is 2.53. The Morgan fingerprint density at radius 1 is 1.59 bits per heavy atom. The Hall–Kier alpha value is -1.26. The van der Waals surface area contributed by atoms with Crippen LogP contribution in [0, 0.1) is 0 Å². The van der Waals surface area contributed by atoms with Crippen molar-refractivity contribution in [3.8, 4) is 0 Å². The van der Waals surface area contributed by atoms with Crippen molar-refractivity contribution in [2.75, 3.05) is 25.0 Å². The number of benzene rings is 1. The molecule has 0 radical (unpaired) electrons. The van der Waals surface area contributed by atoms with Gasteiger partial charge in [-0.3, -0.25) is 4.79 Å². The summed E-state index contributed by atoms with van der Waals surface area (Å²) in [5.74, 6) is -0.444. The van der Waals surface area contributed by atoms with Gasteiger partial charge in [0.15, 0.2) is 0 Å². The van der Waals surface area contributed by atoms with E-state index < -0.39 is 5.91 Å². The van der Waals surface area contributed by atoms with Gasteiger partial charge in [0, 0.05) is 30.3 Å². The minimum absolute atomic E-state index is 0.397. The van der Waals surface area contributed by atoms with E-state index in [-0.39, 0.29) is 0 Å². The summed E-state index contributed by atoms with van der Waals surface area (Å²) in [4.78, 5) is 13.5. The first kappa shape index (κ1) is 12.2. The first-order valence-electron chi connectivity index (χ1n) is 5.62. The Balaban J connectivity index is 2.33. The van der Waals surface area contributed by atoms with E-state index >= 15 is 0 Å². The molecule has 1 amide bonds. The van der Waals surface area contributed by atoms with Crippen molar-refractivity contribution in [3.63, 3.8) is 0 Å². The van der Waals surface area contributed by atoms with E-state index in [9.17, 15) is 4.79 Å². The molecule has 2 rings (SSSR count). The lowest BCUT2D eigenvalue weighted by molar-refractivity contribution is 0.100. The van der Waals surface area contributed by atoms with Gasteiger partial charge in [-0.1, -0.05) is 11.6 Å². The zero-order valence-electron chi connectivity index (χ0n) is 9.74. The molecule has 1 aromatic rings. The van der Waals surface area contributed by atoms with Crippen molar-refractivity contribution in [2.45, 2.75) is 12.5 Å². The van der Waals surface area contributed by atoms with Crippen LogP contribution in [0.4, 0.5) is 5.69 Å². The third-order valence-electron chi connectivity index (χ3n) is 3.19. The smallest absolute Gasteiger partial charge is 0.250 e. The molecule has 0 aromatic heterocycles. The predicted octanol–water partition coefficient (Wildman–Crippen LogP) is 1.24. The number of hydrogen-bond acceptors (Lipinski definition) is 3. The van der Waals surface area contributed by atoms with Crippen LogP contribution in [0.1, 0.15) is 16.8 Å². The van der Waals surface area contributed by atoms with Crippen molar-refractivity contribution in [1.29, 1.82) is 0 Å². The van der Waals surface area contributed by atoms with Crippen LogP contribution in [-0.2, 0) is 0 Å². The highest BCUT2D eigenvalue weighted by Gasteiger charge is 2.22. The Morgan fingerprint density at radius 2 is 2.35 bits per heavy atom. The number of hydrogen-bond donors (Lipinski definition) is 2. The molecule has 1 fully saturated rings. The number of rotatable bonds is 3. The summed E-state index contributed by atoms with van der Waals surface area (Å²) in [7, 11) is 1.98. The van der Waals surface area contributed by atoms with Crippen LogP contribution in [0.15, 0.2) is 18.2 Å². The van der Waals surface area contributed by atoms with E-state index in [4.69, 9.17) is 17.3 Å². The third-order valence-corrected chi connectivity index (χ3v) is 3.42. The second-order valence-corrected chi connectivity index (χ2v) is 4.72. The molecule has 4 nitrogen and oxygen atoms in total. The Kier molecular flexibility index (Phi) is 3.54. The van der Waals surface area contributed by atoms with Crippen molar-refractivity contribution in [2.24, 2.45) is 5.73 Å². The lowest BCUT2D eigenvalue weighted by Gasteiger charge is -2.27. The highest BCUT2D eigenvalue weighted by molar-refractivity contribution is 6.31. The summed E-state index contributed by atoms with van der Waals surface area (Å²) in [6.45, 7) is 1.94. The SMILES string of the molecule is CN(c1ccc(Cl)cc1C(N)=O)C1CCNC1. The lowest BCUT2D eigenvalue weighted by Crippen LogP contribution is -2.34. The Labute approximate surface area is 106 Å². The van der Waals surface area contributed by atoms with Crippen LogP contribution in [0.3, 0.4) is 0 Å². The topological polar surface area (TPSA) is 58.4 Å². The number of carbonyl (C=O) groups is 1. The highest BCUT2D eigenvalue weighted by atomic mass is 35.5. The lowest BCUT2D eigenvalue weighted by atomic mass is 10.1. The molecule has 1 heterocycles. The van der Waals surface area contributed by atoms with Crippen LogP contribution < -0.4 is 16.0 Å². The second-order valence-electron chi connectivity index (χ2n) is 4.28. The molecule has 1 aromatic carbocycles. The van der Waals surface area contributed by atoms with Gasteiger partial charge in [-0.25, -0.2) is 0 Å². The zero-order valence-corrected chi connectivity index (χ0v) is 10.5. The number of anilines is 1. The number of nitrogens with two attached hydrogens (primary N) is 1. The van der Waals surface area contributed by atoms with E-state index in [1.807, 2.05) is 13.1 Å². The number of halogens is 1. The van der Waals surface area contributed by atoms with Crippen molar-refractivity contribution in [1.82, 2.24) is 5.32 Å². The summed E-state index contributed by atoms with van der Waals surface area (Å²) in [6, 6.07) is 5.65. The Bertz CT molecular complexity index is 430. The summed E-state index contributed by atoms with van der Waals surface area (Å²) >= 11 is 5.89. The highest BCUT2D eigenvalue weighted by Crippen LogP contribution is 2.26. The average Bonchev–Trinajstić information content (AvgIpc) is 2.81. The summed E-state index contributed by atoms with van der Waals surface area (Å²) < 4.78 is 0. The van der Waals surface area contributed by atoms with Crippen LogP contribution in [0.2, 0.25) is 5.02 Å². The van der Waals surface area contributed by atoms with E-state index in [2.05, 4.69) is 10.2 Å². The fourth-order valence-electron chi connectivity index (χ4n) is 2.18. The van der Waals surface area contributed by atoms with Gasteiger partial charge >= 0.3 is 0 Å². The first-order valence-corrected chi connectivity index (χ1v) is 6.00. The second kappa shape index (κ2) is 4.94. The van der Waals surface area contributed by atoms with Gasteiger partial charge in [-0.2, -0.15) is 0 Å². The first-order chi connectivity index (χ1) is 8.09. The van der Waals surface area contributed by atoms with Gasteiger partial charge < -0.3 is 16.0 Å². The number of amides is 1. The van der Waals surface area contributed by atoms with Crippen molar-refractivity contribution >= 4 is 23.2 Å². The van der Waals surface area contributed by atoms with Gasteiger partial charge in [0.05, 0.1) is 5.56 Å². The van der Waals surface area contributed by atoms with Crippen molar-refractivity contribution in [3.05, 3.63) is 28.8 Å². The number of primary amides is 1. The molecule has 92 valence electrons. The monoisotopic (exact) mass is 253 g/mol. The standard InChI is InChI=1S/C12H16ClN3O/c1-16(9-4-5-15-7-9)11-3-2-8(13)6-10(11)12(14)17/h2-3,6,9,15H,4-5,7H2,1H3,(H2,14,17). The Morgan fingerprint density at radius 3 is 2.94 bits per heavy atom. The van der Waals surface area contributed by atoms with Crippen LogP contribution in [0.5, 0.6) is 0 Å². The molecular formula is C12H16ClN3O. The van der Waals surface area contributed by atoms with Gasteiger partial charge in [0.25, 0.3) is 5.91 Å². The molecule has 5 heteroatoms. The van der Waals surface area contributed by atoms with E-state index in [0.717, 1.165) is 25.2 Å². The molecule has 0 bridgehead atoms. The van der Waals surface area contributed by atoms with E-state index in [1.165, 1.54) is 0 Å². The van der Waals surface area contributed by atoms with Gasteiger partial charge in [-0.05, 0) is 31.2 Å². The normalized spacial score (nSPS) is 19.3. The molecule has 1 saturated heterocycles. The fourth-order valence-corrected chi connectivity index (χ4v) is 2.35. The number of nitrogens with one attached hydrogen (secondary N) is 1. The molecule has 0 saturated carbocycles. The summed E-state index contributed by atoms with van der Waals surface area (Å²) in [6.07, 6.45) is 1.07. The number of carbonyl (C=O) groups excluding carboxylic acids is 1.